The van der Waals surface area contributed by atoms with Crippen molar-refractivity contribution in [1.82, 2.24) is 30.0 Å². The van der Waals surface area contributed by atoms with E-state index in [1.54, 1.807) is 12.4 Å². The van der Waals surface area contributed by atoms with Crippen molar-refractivity contribution in [1.29, 1.82) is 0 Å². The molecule has 2 aromatic heterocycles. The summed E-state index contributed by atoms with van der Waals surface area (Å²) in [5.41, 5.74) is 1.26. The van der Waals surface area contributed by atoms with Gasteiger partial charge in [-0.15, -0.1) is 13.2 Å². The van der Waals surface area contributed by atoms with Crippen LogP contribution >= 0.6 is 0 Å². The second kappa shape index (κ2) is 7.07. The number of urea groups is 1. The number of likely N-dealkylation sites (tertiary alicyclic amines) is 2. The summed E-state index contributed by atoms with van der Waals surface area (Å²) < 4.78 is 40.6. The number of pyridine rings is 1. The van der Waals surface area contributed by atoms with E-state index in [1.165, 1.54) is 6.07 Å². The molecule has 2 amide bonds. The van der Waals surface area contributed by atoms with Gasteiger partial charge in [-0.3, -0.25) is 10.1 Å². The lowest BCUT2D eigenvalue weighted by molar-refractivity contribution is -0.274. The monoisotopic (exact) mass is 462 g/mol. The summed E-state index contributed by atoms with van der Waals surface area (Å²) in [7, 11) is 0. The molecule has 2 spiro atoms. The third kappa shape index (κ3) is 3.80. The van der Waals surface area contributed by atoms with E-state index in [4.69, 9.17) is 0 Å². The van der Waals surface area contributed by atoms with Gasteiger partial charge in [0.2, 0.25) is 0 Å². The van der Waals surface area contributed by atoms with Crippen molar-refractivity contribution in [3.05, 3.63) is 36.2 Å². The summed E-state index contributed by atoms with van der Waals surface area (Å²) in [5, 5.41) is 6.87. The maximum Gasteiger partial charge on any atom is 0.573 e. The predicted octanol–water partition coefficient (Wildman–Crippen LogP) is 3.35. The maximum atomic E-state index is 12.8. The van der Waals surface area contributed by atoms with Gasteiger partial charge in [-0.25, -0.2) is 9.78 Å². The van der Waals surface area contributed by atoms with E-state index in [0.29, 0.717) is 11.8 Å². The molecule has 0 unspecified atom stereocenters. The largest absolute Gasteiger partial charge is 0.573 e. The molecule has 4 fully saturated rings. The number of nitrogens with zero attached hydrogens (tertiary/aromatic N) is 5. The first-order valence-electron chi connectivity index (χ1n) is 11.3. The summed E-state index contributed by atoms with van der Waals surface area (Å²) in [6.45, 7) is 3.28. The van der Waals surface area contributed by atoms with Gasteiger partial charge in [0.1, 0.15) is 17.9 Å². The van der Waals surface area contributed by atoms with Crippen molar-refractivity contribution in [2.24, 2.45) is 16.7 Å². The van der Waals surface area contributed by atoms with Crippen LogP contribution in [-0.4, -0.2) is 68.5 Å². The molecule has 0 bridgehead atoms. The molecule has 1 N–H and O–H groups in total. The molecular weight excluding hydrogens is 437 g/mol. The minimum absolute atomic E-state index is 0.153. The summed E-state index contributed by atoms with van der Waals surface area (Å²) in [6.07, 6.45) is 2.89. The van der Waals surface area contributed by atoms with Crippen molar-refractivity contribution < 1.29 is 22.7 Å². The summed E-state index contributed by atoms with van der Waals surface area (Å²) in [6, 6.07) is 3.05. The molecule has 4 aliphatic rings. The van der Waals surface area contributed by atoms with Crippen LogP contribution < -0.4 is 4.74 Å². The van der Waals surface area contributed by atoms with E-state index in [-0.39, 0.29) is 22.6 Å². The van der Waals surface area contributed by atoms with E-state index in [9.17, 15) is 18.0 Å². The number of aromatic amines is 1. The maximum absolute atomic E-state index is 12.8. The fourth-order valence-electron chi connectivity index (χ4n) is 6.44. The Hall–Kier alpha value is -2.85. The number of rotatable bonds is 4. The molecule has 176 valence electrons. The van der Waals surface area contributed by atoms with Crippen molar-refractivity contribution in [2.45, 2.75) is 44.4 Å². The molecule has 2 aromatic rings. The lowest BCUT2D eigenvalue weighted by atomic mass is 9.56. The van der Waals surface area contributed by atoms with Crippen molar-refractivity contribution in [2.75, 3.05) is 26.2 Å². The number of ether oxygens (including phenoxy) is 1. The van der Waals surface area contributed by atoms with Crippen molar-refractivity contribution in [3.8, 4) is 5.75 Å². The number of hydrogen-bond donors (Lipinski definition) is 1. The highest BCUT2D eigenvalue weighted by Crippen LogP contribution is 2.57. The van der Waals surface area contributed by atoms with Crippen LogP contribution in [-0.2, 0) is 6.42 Å². The van der Waals surface area contributed by atoms with Crippen LogP contribution in [0.2, 0.25) is 0 Å². The van der Waals surface area contributed by atoms with Gasteiger partial charge < -0.3 is 14.5 Å². The SMILES string of the molecule is O=C(N1CC2(CC(Cc3ccc(OC(F)(F)F)cn3)C2)C1)N1CC2(CC(c3ncn[nH]3)C2)C1. The van der Waals surface area contributed by atoms with Crippen LogP contribution in [0, 0.1) is 16.7 Å². The number of halogens is 3. The number of hydrogen-bond acceptors (Lipinski definition) is 5. The number of amides is 2. The molecule has 2 saturated carbocycles. The van der Waals surface area contributed by atoms with Gasteiger partial charge >= 0.3 is 12.4 Å². The summed E-state index contributed by atoms with van der Waals surface area (Å²) in [4.78, 5) is 25.1. The molecule has 6 rings (SSSR count). The first kappa shape index (κ1) is 20.7. The quantitative estimate of drug-likeness (QED) is 0.753. The first-order valence-corrected chi connectivity index (χ1v) is 11.3. The van der Waals surface area contributed by atoms with Crippen LogP contribution in [0.4, 0.5) is 18.0 Å². The third-order valence-electron chi connectivity index (χ3n) is 7.80. The van der Waals surface area contributed by atoms with Gasteiger partial charge in [0, 0.05) is 48.6 Å². The molecule has 2 aliphatic carbocycles. The van der Waals surface area contributed by atoms with Crippen molar-refractivity contribution in [3.63, 3.8) is 0 Å². The van der Waals surface area contributed by atoms with Gasteiger partial charge in [0.05, 0.1) is 6.20 Å². The molecule has 2 aliphatic heterocycles. The molecule has 0 radical (unpaired) electrons. The molecule has 0 aromatic carbocycles. The second-order valence-electron chi connectivity index (χ2n) is 10.5. The number of carbonyl (C=O) groups excluding carboxylic acids is 1. The highest BCUT2D eigenvalue weighted by Gasteiger charge is 2.58. The number of nitrogens with one attached hydrogen (secondary N) is 1. The number of aromatic nitrogens is 4. The Kier molecular flexibility index (Phi) is 4.44. The summed E-state index contributed by atoms with van der Waals surface area (Å²) in [5.74, 6) is 1.55. The van der Waals surface area contributed by atoms with E-state index in [0.717, 1.165) is 76.0 Å². The molecule has 2 saturated heterocycles. The first-order chi connectivity index (χ1) is 15.7. The molecule has 4 heterocycles. The normalized spacial score (nSPS) is 23.6. The van der Waals surface area contributed by atoms with Gasteiger partial charge in [-0.2, -0.15) is 5.10 Å². The Morgan fingerprint density at radius 3 is 2.27 bits per heavy atom. The molecule has 33 heavy (non-hydrogen) atoms. The highest BCUT2D eigenvalue weighted by molar-refractivity contribution is 5.77. The lowest BCUT2D eigenvalue weighted by Crippen LogP contribution is -2.70. The zero-order chi connectivity index (χ0) is 22.8. The van der Waals surface area contributed by atoms with Gasteiger partial charge in [-0.1, -0.05) is 0 Å². The zero-order valence-corrected chi connectivity index (χ0v) is 18.0. The van der Waals surface area contributed by atoms with Gasteiger partial charge in [-0.05, 0) is 50.2 Å². The fourth-order valence-corrected chi connectivity index (χ4v) is 6.44. The lowest BCUT2D eigenvalue weighted by Gasteiger charge is -2.63. The Balaban J connectivity index is 0.916. The Morgan fingerprint density at radius 1 is 1.06 bits per heavy atom. The minimum atomic E-state index is -4.70. The van der Waals surface area contributed by atoms with E-state index in [1.807, 2.05) is 9.80 Å². The molecule has 0 atom stereocenters. The standard InChI is InChI=1S/C22H25F3N6O2/c23-22(24,25)33-17-2-1-16(26-8-17)3-14-4-20(5-14)9-30(10-20)19(32)31-11-21(12-31)6-15(7-21)18-27-13-28-29-18/h1-2,8,13-15H,3-7,9-12H2,(H,27,28,29). The predicted molar refractivity (Wildman–Crippen MR) is 109 cm³/mol. The smallest absolute Gasteiger partial charge is 0.404 e. The average Bonchev–Trinajstić information content (AvgIpc) is 3.14. The summed E-state index contributed by atoms with van der Waals surface area (Å²) >= 11 is 0. The van der Waals surface area contributed by atoms with E-state index >= 15 is 0 Å². The average molecular weight is 462 g/mol. The zero-order valence-electron chi connectivity index (χ0n) is 18.0. The minimum Gasteiger partial charge on any atom is -0.404 e. The Labute approximate surface area is 188 Å². The van der Waals surface area contributed by atoms with Crippen LogP contribution in [0.25, 0.3) is 0 Å². The van der Waals surface area contributed by atoms with Crippen LogP contribution in [0.15, 0.2) is 24.7 Å². The van der Waals surface area contributed by atoms with Crippen molar-refractivity contribution >= 4 is 6.03 Å². The second-order valence-corrected chi connectivity index (χ2v) is 10.5. The van der Waals surface area contributed by atoms with Gasteiger partial charge in [0.15, 0.2) is 0 Å². The molecule has 8 nitrogen and oxygen atoms in total. The third-order valence-corrected chi connectivity index (χ3v) is 7.80. The van der Waals surface area contributed by atoms with E-state index < -0.39 is 6.36 Å². The van der Waals surface area contributed by atoms with Gasteiger partial charge in [0.25, 0.3) is 0 Å². The topological polar surface area (TPSA) is 87.2 Å². The number of H-pyrrole nitrogens is 1. The fraction of sp³-hybridized carbons (Fsp3) is 0.636. The highest BCUT2D eigenvalue weighted by atomic mass is 19.4. The Bertz CT molecular complexity index is 1010. The van der Waals surface area contributed by atoms with Crippen LogP contribution in [0.1, 0.15) is 43.1 Å². The number of alkyl halides is 3. The molecular formula is C22H25F3N6O2. The Morgan fingerprint density at radius 2 is 1.73 bits per heavy atom. The van der Waals surface area contributed by atoms with E-state index in [2.05, 4.69) is 24.9 Å². The van der Waals surface area contributed by atoms with Crippen LogP contribution in [0.3, 0.4) is 0 Å². The van der Waals surface area contributed by atoms with Crippen LogP contribution in [0.5, 0.6) is 5.75 Å². The number of carbonyl (C=O) groups is 1. The molecule has 11 heteroatoms.